The topological polar surface area (TPSA) is 98.1 Å². The van der Waals surface area contributed by atoms with Gasteiger partial charge in [0.2, 0.25) is 0 Å². The number of aryl methyl sites for hydroxylation is 1. The van der Waals surface area contributed by atoms with Gasteiger partial charge in [-0.3, -0.25) is 9.40 Å². The van der Waals surface area contributed by atoms with Gasteiger partial charge in [0.05, 0.1) is 12.8 Å². The van der Waals surface area contributed by atoms with Crippen LogP contribution in [0.2, 0.25) is 5.02 Å². The quantitative estimate of drug-likeness (QED) is 0.380. The zero-order valence-corrected chi connectivity index (χ0v) is 19.2. The molecule has 0 radical (unpaired) electrons. The third-order valence-electron chi connectivity index (χ3n) is 4.47. The monoisotopic (exact) mass is 493 g/mol. The van der Waals surface area contributed by atoms with Crippen LogP contribution in [-0.4, -0.2) is 30.3 Å². The number of nitrogens with zero attached hydrogens (tertiary/aromatic N) is 3. The van der Waals surface area contributed by atoms with Crippen molar-refractivity contribution in [2.45, 2.75) is 4.90 Å². The van der Waals surface area contributed by atoms with Gasteiger partial charge >= 0.3 is 0 Å². The molecule has 0 atom stereocenters. The van der Waals surface area contributed by atoms with Crippen LogP contribution in [0.3, 0.4) is 0 Å². The van der Waals surface area contributed by atoms with Crippen LogP contribution in [-0.2, 0) is 17.1 Å². The van der Waals surface area contributed by atoms with Crippen LogP contribution in [0, 0.1) is 5.82 Å². The Kier molecular flexibility index (Phi) is 6.04. The first kappa shape index (κ1) is 22.1. The SMILES string of the molecule is COc1cc(Cl)ccc1-c1cc(Nc2ccc(S(=O)(=O)Nc3nccs3)c(F)c2)n(C)n1. The van der Waals surface area contributed by atoms with E-state index in [1.807, 2.05) is 0 Å². The molecule has 0 fully saturated rings. The minimum Gasteiger partial charge on any atom is -0.496 e. The van der Waals surface area contributed by atoms with Gasteiger partial charge in [-0.1, -0.05) is 11.6 Å². The molecule has 166 valence electrons. The van der Waals surface area contributed by atoms with Crippen LogP contribution in [0.5, 0.6) is 5.75 Å². The first-order valence-electron chi connectivity index (χ1n) is 9.13. The average Bonchev–Trinajstić information content (AvgIpc) is 3.37. The van der Waals surface area contributed by atoms with E-state index in [4.69, 9.17) is 16.3 Å². The summed E-state index contributed by atoms with van der Waals surface area (Å²) in [5.41, 5.74) is 1.71. The van der Waals surface area contributed by atoms with E-state index in [2.05, 4.69) is 20.1 Å². The summed E-state index contributed by atoms with van der Waals surface area (Å²) < 4.78 is 48.8. The van der Waals surface area contributed by atoms with Gasteiger partial charge in [0.15, 0.2) is 5.13 Å². The van der Waals surface area contributed by atoms with E-state index in [0.717, 1.165) is 23.0 Å². The van der Waals surface area contributed by atoms with E-state index in [1.54, 1.807) is 48.5 Å². The number of hydrogen-bond donors (Lipinski definition) is 2. The summed E-state index contributed by atoms with van der Waals surface area (Å²) in [4.78, 5) is 3.37. The Bertz CT molecular complexity index is 1370. The normalized spacial score (nSPS) is 11.4. The molecule has 0 unspecified atom stereocenters. The summed E-state index contributed by atoms with van der Waals surface area (Å²) in [5, 5.41) is 9.82. The summed E-state index contributed by atoms with van der Waals surface area (Å²) in [6.07, 6.45) is 1.45. The highest BCUT2D eigenvalue weighted by molar-refractivity contribution is 7.93. The summed E-state index contributed by atoms with van der Waals surface area (Å²) >= 11 is 7.12. The number of benzene rings is 2. The largest absolute Gasteiger partial charge is 0.496 e. The van der Waals surface area contributed by atoms with Crippen molar-refractivity contribution in [3.8, 4) is 17.0 Å². The third-order valence-corrected chi connectivity index (χ3v) is 6.89. The fourth-order valence-corrected chi connectivity index (χ4v) is 4.99. The van der Waals surface area contributed by atoms with E-state index in [9.17, 15) is 12.8 Å². The highest BCUT2D eigenvalue weighted by Crippen LogP contribution is 2.33. The van der Waals surface area contributed by atoms with Crippen molar-refractivity contribution in [2.24, 2.45) is 7.05 Å². The Labute approximate surface area is 192 Å². The van der Waals surface area contributed by atoms with Gasteiger partial charge in [-0.25, -0.2) is 17.8 Å². The second-order valence-corrected chi connectivity index (χ2v) is 9.58. The lowest BCUT2D eigenvalue weighted by Crippen LogP contribution is -2.14. The molecule has 4 rings (SSSR count). The second-order valence-electron chi connectivity index (χ2n) is 6.60. The molecule has 2 aromatic carbocycles. The van der Waals surface area contributed by atoms with Crippen LogP contribution in [0.15, 0.2) is 58.9 Å². The van der Waals surface area contributed by atoms with Gasteiger partial charge in [-0.2, -0.15) is 5.10 Å². The number of ether oxygens (including phenoxy) is 1. The maximum Gasteiger partial charge on any atom is 0.266 e. The molecule has 32 heavy (non-hydrogen) atoms. The van der Waals surface area contributed by atoms with Gasteiger partial charge in [-0.15, -0.1) is 11.3 Å². The zero-order chi connectivity index (χ0) is 22.9. The number of aromatic nitrogens is 3. The summed E-state index contributed by atoms with van der Waals surface area (Å²) in [5.74, 6) is 0.226. The van der Waals surface area contributed by atoms with Gasteiger partial charge in [0, 0.05) is 41.0 Å². The number of hydrogen-bond acceptors (Lipinski definition) is 7. The maximum atomic E-state index is 14.7. The highest BCUT2D eigenvalue weighted by Gasteiger charge is 2.21. The van der Waals surface area contributed by atoms with Crippen LogP contribution >= 0.6 is 22.9 Å². The molecular weight excluding hydrogens is 477 g/mol. The van der Waals surface area contributed by atoms with Crippen molar-refractivity contribution in [3.05, 3.63) is 64.9 Å². The van der Waals surface area contributed by atoms with Crippen molar-refractivity contribution in [3.63, 3.8) is 0 Å². The Morgan fingerprint density at radius 3 is 2.69 bits per heavy atom. The number of anilines is 3. The maximum absolute atomic E-state index is 14.7. The fraction of sp³-hybridized carbons (Fsp3) is 0.100. The van der Waals surface area contributed by atoms with Crippen molar-refractivity contribution < 1.29 is 17.5 Å². The molecule has 0 spiro atoms. The lowest BCUT2D eigenvalue weighted by molar-refractivity contribution is 0.416. The number of halogens is 2. The minimum absolute atomic E-state index is 0.159. The van der Waals surface area contributed by atoms with E-state index in [-0.39, 0.29) is 5.13 Å². The molecular formula is C20H17ClFN5O3S2. The number of thiazole rings is 1. The highest BCUT2D eigenvalue weighted by atomic mass is 35.5. The summed E-state index contributed by atoms with van der Waals surface area (Å²) in [6, 6.07) is 10.7. The molecule has 4 aromatic rings. The standard InChI is InChI=1S/C20H17ClFN5O3S2/c1-27-19(11-16(25-27)14-5-3-12(21)9-17(14)30-2)24-13-4-6-18(15(22)10-13)32(28,29)26-20-23-7-8-31-20/h3-11,24H,1-2H3,(H,23,26). The second kappa shape index (κ2) is 8.77. The van der Waals surface area contributed by atoms with Gasteiger partial charge in [0.25, 0.3) is 10.0 Å². The summed E-state index contributed by atoms with van der Waals surface area (Å²) in [7, 11) is -0.838. The van der Waals surface area contributed by atoms with Gasteiger partial charge < -0.3 is 10.1 Å². The van der Waals surface area contributed by atoms with E-state index >= 15 is 0 Å². The Morgan fingerprint density at radius 1 is 1.19 bits per heavy atom. The summed E-state index contributed by atoms with van der Waals surface area (Å²) in [6.45, 7) is 0. The van der Waals surface area contributed by atoms with Gasteiger partial charge in [0.1, 0.15) is 22.3 Å². The smallest absolute Gasteiger partial charge is 0.266 e. The number of rotatable bonds is 7. The van der Waals surface area contributed by atoms with E-state index in [1.165, 1.54) is 18.3 Å². The van der Waals surface area contributed by atoms with Crippen LogP contribution in [0.4, 0.5) is 21.0 Å². The van der Waals surface area contributed by atoms with Crippen LogP contribution < -0.4 is 14.8 Å². The predicted octanol–water partition coefficient (Wildman–Crippen LogP) is 4.89. The van der Waals surface area contributed by atoms with E-state index in [0.29, 0.717) is 28.0 Å². The number of sulfonamides is 1. The van der Waals surface area contributed by atoms with E-state index < -0.39 is 20.7 Å². The molecule has 2 N–H and O–H groups in total. The predicted molar refractivity (Wildman–Crippen MR) is 123 cm³/mol. The third kappa shape index (κ3) is 4.54. The molecule has 2 aromatic heterocycles. The molecule has 0 saturated heterocycles. The molecule has 8 nitrogen and oxygen atoms in total. The first-order chi connectivity index (χ1) is 15.3. The molecule has 0 aliphatic heterocycles. The van der Waals surface area contributed by atoms with Crippen LogP contribution in [0.25, 0.3) is 11.3 Å². The average molecular weight is 494 g/mol. The minimum atomic E-state index is -4.10. The lowest BCUT2D eigenvalue weighted by atomic mass is 10.1. The Morgan fingerprint density at radius 2 is 2.00 bits per heavy atom. The fourth-order valence-electron chi connectivity index (χ4n) is 2.98. The molecule has 2 heterocycles. The molecule has 0 bridgehead atoms. The van der Waals surface area contributed by atoms with Crippen LogP contribution in [0.1, 0.15) is 0 Å². The molecule has 0 saturated carbocycles. The van der Waals surface area contributed by atoms with Crippen molar-refractivity contribution in [1.29, 1.82) is 0 Å². The molecule has 0 aliphatic carbocycles. The molecule has 12 heteroatoms. The zero-order valence-electron chi connectivity index (χ0n) is 16.8. The van der Waals surface area contributed by atoms with Crippen molar-refractivity contribution in [1.82, 2.24) is 14.8 Å². The Hall–Kier alpha value is -3.15. The lowest BCUT2D eigenvalue weighted by Gasteiger charge is -2.10. The number of methoxy groups -OCH3 is 1. The van der Waals surface area contributed by atoms with Crippen molar-refractivity contribution in [2.75, 3.05) is 17.1 Å². The first-order valence-corrected chi connectivity index (χ1v) is 11.9. The molecule has 0 aliphatic rings. The molecule has 0 amide bonds. The van der Waals surface area contributed by atoms with Crippen molar-refractivity contribution >= 4 is 49.6 Å². The Balaban J connectivity index is 1.59. The van der Waals surface area contributed by atoms with Gasteiger partial charge in [-0.05, 0) is 36.4 Å². The number of nitrogens with one attached hydrogen (secondary N) is 2.